The van der Waals surface area contributed by atoms with Crippen molar-refractivity contribution in [1.29, 1.82) is 0 Å². The second-order valence-corrected chi connectivity index (χ2v) is 5.95. The van der Waals surface area contributed by atoms with Crippen molar-refractivity contribution in [2.45, 2.75) is 11.8 Å². The van der Waals surface area contributed by atoms with E-state index in [9.17, 15) is 10.1 Å². The van der Waals surface area contributed by atoms with Gasteiger partial charge in [-0.15, -0.1) is 11.6 Å². The molecule has 1 heterocycles. The number of hydrogen-bond acceptors (Lipinski definition) is 3. The fourth-order valence-corrected chi connectivity index (χ4v) is 3.47. The van der Waals surface area contributed by atoms with E-state index in [2.05, 4.69) is 0 Å². The molecule has 0 bridgehead atoms. The number of nitrogens with zero attached hydrogens (tertiary/aromatic N) is 1. The van der Waals surface area contributed by atoms with Gasteiger partial charge >= 0.3 is 0 Å². The molecule has 2 atom stereocenters. The molecule has 0 amide bonds. The first-order chi connectivity index (χ1) is 10.6. The molecule has 114 valence electrons. The minimum absolute atomic E-state index is 0.205. The molecule has 0 fully saturated rings. The third-order valence-electron chi connectivity index (χ3n) is 3.91. The van der Waals surface area contributed by atoms with Crippen molar-refractivity contribution in [3.05, 3.63) is 68.7 Å². The van der Waals surface area contributed by atoms with Crippen molar-refractivity contribution in [1.82, 2.24) is 0 Å². The van der Waals surface area contributed by atoms with E-state index < -0.39 is 0 Å². The summed E-state index contributed by atoms with van der Waals surface area (Å²) in [6.45, 7) is -0.205. The third kappa shape index (κ3) is 2.76. The van der Waals surface area contributed by atoms with Gasteiger partial charge in [-0.2, -0.15) is 0 Å². The summed E-state index contributed by atoms with van der Waals surface area (Å²) in [5.74, 6) is 0.940. The molecular formula is C16H13Cl2NO3. The molecule has 0 saturated heterocycles. The number of para-hydroxylation sites is 1. The first-order valence-corrected chi connectivity index (χ1v) is 7.75. The van der Waals surface area contributed by atoms with Crippen LogP contribution in [0.2, 0.25) is 5.02 Å². The van der Waals surface area contributed by atoms with Crippen LogP contribution < -0.4 is 4.74 Å². The van der Waals surface area contributed by atoms with E-state index in [1.807, 2.05) is 24.3 Å². The lowest BCUT2D eigenvalue weighted by Gasteiger charge is -2.21. The van der Waals surface area contributed by atoms with Gasteiger partial charge in [0, 0.05) is 32.9 Å². The summed E-state index contributed by atoms with van der Waals surface area (Å²) in [5.41, 5.74) is 1.61. The van der Waals surface area contributed by atoms with Crippen molar-refractivity contribution in [2.75, 3.05) is 12.4 Å². The highest BCUT2D eigenvalue weighted by Gasteiger charge is 2.35. The van der Waals surface area contributed by atoms with Crippen molar-refractivity contribution in [3.63, 3.8) is 0 Å². The Morgan fingerprint density at radius 1 is 1.09 bits per heavy atom. The molecule has 2 unspecified atom stereocenters. The first-order valence-electron chi connectivity index (χ1n) is 6.84. The molecular weight excluding hydrogens is 325 g/mol. The molecule has 0 radical (unpaired) electrons. The van der Waals surface area contributed by atoms with Gasteiger partial charge in [-0.25, -0.2) is 0 Å². The topological polar surface area (TPSA) is 52.4 Å². The van der Waals surface area contributed by atoms with Crippen molar-refractivity contribution >= 4 is 23.2 Å². The zero-order chi connectivity index (χ0) is 15.7. The molecule has 1 aliphatic rings. The molecule has 4 nitrogen and oxygen atoms in total. The number of halogens is 2. The molecule has 1 aliphatic heterocycles. The minimum atomic E-state index is -0.358. The van der Waals surface area contributed by atoms with Crippen LogP contribution in [0, 0.1) is 10.1 Å². The highest BCUT2D eigenvalue weighted by molar-refractivity contribution is 6.30. The Morgan fingerprint density at radius 2 is 1.82 bits per heavy atom. The maximum Gasteiger partial charge on any atom is 0.211 e. The Labute approximate surface area is 137 Å². The molecule has 0 aliphatic carbocycles. The average molecular weight is 338 g/mol. The Kier molecular flexibility index (Phi) is 4.23. The van der Waals surface area contributed by atoms with Gasteiger partial charge in [0.2, 0.25) is 6.54 Å². The molecule has 0 N–H and O–H groups in total. The van der Waals surface area contributed by atoms with Gasteiger partial charge in [-0.05, 0) is 24.3 Å². The number of benzene rings is 2. The Bertz CT molecular complexity index is 720. The molecule has 22 heavy (non-hydrogen) atoms. The molecule has 0 spiro atoms. The minimum Gasteiger partial charge on any atom is -0.457 e. The Hall–Kier alpha value is -1.78. The number of rotatable bonds is 3. The molecule has 2 aromatic rings. The second-order valence-electron chi connectivity index (χ2n) is 5.20. The summed E-state index contributed by atoms with van der Waals surface area (Å²) in [5, 5.41) is 11.7. The van der Waals surface area contributed by atoms with Crippen LogP contribution in [0.15, 0.2) is 42.5 Å². The summed E-state index contributed by atoms with van der Waals surface area (Å²) < 4.78 is 5.96. The van der Waals surface area contributed by atoms with Crippen LogP contribution in [0.1, 0.15) is 23.0 Å². The average Bonchev–Trinajstić information content (AvgIpc) is 2.61. The van der Waals surface area contributed by atoms with Gasteiger partial charge in [0.1, 0.15) is 11.5 Å². The molecule has 3 rings (SSSR count). The van der Waals surface area contributed by atoms with E-state index in [-0.39, 0.29) is 29.2 Å². The summed E-state index contributed by atoms with van der Waals surface area (Å²) in [4.78, 5) is 10.8. The van der Waals surface area contributed by atoms with Crippen molar-refractivity contribution in [3.8, 4) is 11.5 Å². The maximum atomic E-state index is 11.1. The van der Waals surface area contributed by atoms with Gasteiger partial charge in [-0.3, -0.25) is 10.1 Å². The van der Waals surface area contributed by atoms with Gasteiger partial charge in [0.15, 0.2) is 0 Å². The van der Waals surface area contributed by atoms with Gasteiger partial charge in [-0.1, -0.05) is 29.8 Å². The summed E-state index contributed by atoms with van der Waals surface area (Å²) >= 11 is 12.2. The van der Waals surface area contributed by atoms with Crippen LogP contribution in [-0.2, 0) is 0 Å². The zero-order valence-electron chi connectivity index (χ0n) is 11.5. The maximum absolute atomic E-state index is 11.1. The van der Waals surface area contributed by atoms with Crippen molar-refractivity contribution < 1.29 is 9.66 Å². The number of ether oxygens (including phenoxy) is 1. The van der Waals surface area contributed by atoms with Crippen LogP contribution in [0.25, 0.3) is 0 Å². The monoisotopic (exact) mass is 337 g/mol. The van der Waals surface area contributed by atoms with E-state index in [0.717, 1.165) is 11.1 Å². The van der Waals surface area contributed by atoms with E-state index in [0.29, 0.717) is 16.5 Å². The lowest BCUT2D eigenvalue weighted by Crippen LogP contribution is -2.20. The number of alkyl halides is 1. The summed E-state index contributed by atoms with van der Waals surface area (Å²) in [6, 6.07) is 12.7. The van der Waals surface area contributed by atoms with Gasteiger partial charge < -0.3 is 4.74 Å². The van der Waals surface area contributed by atoms with E-state index in [4.69, 9.17) is 27.9 Å². The standard InChI is InChI=1S/C16H13Cl2NO3/c17-8-13-12-7-10(18)5-6-16(12)22-15-4-2-1-3-11(15)14(13)9-19(20)21/h1-7,13-14H,8-9H2. The summed E-state index contributed by atoms with van der Waals surface area (Å²) in [6.07, 6.45) is 0. The normalized spacial score (nSPS) is 19.5. The highest BCUT2D eigenvalue weighted by Crippen LogP contribution is 2.47. The molecule has 0 saturated carbocycles. The lowest BCUT2D eigenvalue weighted by atomic mass is 9.82. The second kappa shape index (κ2) is 6.15. The quantitative estimate of drug-likeness (QED) is 0.458. The van der Waals surface area contributed by atoms with Gasteiger partial charge in [0.25, 0.3) is 0 Å². The van der Waals surface area contributed by atoms with E-state index in [1.54, 1.807) is 18.2 Å². The predicted octanol–water partition coefficient (Wildman–Crippen LogP) is 4.83. The Balaban J connectivity index is 2.20. The summed E-state index contributed by atoms with van der Waals surface area (Å²) in [7, 11) is 0. The van der Waals surface area contributed by atoms with Crippen molar-refractivity contribution in [2.24, 2.45) is 0 Å². The Morgan fingerprint density at radius 3 is 2.55 bits per heavy atom. The fourth-order valence-electron chi connectivity index (χ4n) is 2.91. The zero-order valence-corrected chi connectivity index (χ0v) is 13.1. The predicted molar refractivity (Wildman–Crippen MR) is 86.0 cm³/mol. The molecule has 6 heteroatoms. The largest absolute Gasteiger partial charge is 0.457 e. The number of fused-ring (bicyclic) bond motifs is 2. The lowest BCUT2D eigenvalue weighted by molar-refractivity contribution is -0.484. The van der Waals surface area contributed by atoms with Crippen LogP contribution in [0.3, 0.4) is 0 Å². The van der Waals surface area contributed by atoms with E-state index >= 15 is 0 Å². The third-order valence-corrected chi connectivity index (χ3v) is 4.47. The SMILES string of the molecule is O=[N+]([O-])CC1c2ccccc2Oc2ccc(Cl)cc2C1CCl. The van der Waals surface area contributed by atoms with Crippen LogP contribution >= 0.6 is 23.2 Å². The van der Waals surface area contributed by atoms with E-state index in [1.165, 1.54) is 0 Å². The highest BCUT2D eigenvalue weighted by atomic mass is 35.5. The number of hydrogen-bond donors (Lipinski definition) is 0. The number of nitro groups is 1. The first kappa shape index (κ1) is 15.1. The fraction of sp³-hybridized carbons (Fsp3) is 0.250. The van der Waals surface area contributed by atoms with Crippen LogP contribution in [0.4, 0.5) is 0 Å². The van der Waals surface area contributed by atoms with Crippen LogP contribution in [-0.4, -0.2) is 17.3 Å². The van der Waals surface area contributed by atoms with Crippen LogP contribution in [0.5, 0.6) is 11.5 Å². The smallest absolute Gasteiger partial charge is 0.211 e. The molecule has 0 aromatic heterocycles. The van der Waals surface area contributed by atoms with Gasteiger partial charge in [0.05, 0.1) is 5.92 Å². The molecule has 2 aromatic carbocycles.